The van der Waals surface area contributed by atoms with E-state index in [0.29, 0.717) is 11.4 Å². The molecular weight excluding hydrogens is 268 g/mol. The van der Waals surface area contributed by atoms with Crippen LogP contribution in [0, 0.1) is 20.2 Å². The van der Waals surface area contributed by atoms with Gasteiger partial charge >= 0.3 is 6.29 Å². The lowest BCUT2D eigenvalue weighted by Crippen LogP contribution is -2.38. The predicted molar refractivity (Wildman–Crippen MR) is 68.3 cm³/mol. The maximum absolute atomic E-state index is 11.1. The zero-order valence-corrected chi connectivity index (χ0v) is 9.92. The molecule has 0 radical (unpaired) electrons. The van der Waals surface area contributed by atoms with Crippen LogP contribution in [0.25, 0.3) is 0 Å². The fourth-order valence-electron chi connectivity index (χ4n) is 2.09. The molecule has 20 heavy (non-hydrogen) atoms. The van der Waals surface area contributed by atoms with Crippen molar-refractivity contribution in [1.29, 1.82) is 0 Å². The molecule has 0 spiro atoms. The number of hydrogen-bond acceptors (Lipinski definition) is 7. The maximum atomic E-state index is 11.1. The molecule has 0 bridgehead atoms. The molecular formula is C11H8N4O5. The topological polar surface area (TPSA) is 115 Å². The molecule has 1 atom stereocenters. The van der Waals surface area contributed by atoms with Crippen LogP contribution in [0.3, 0.4) is 0 Å². The largest absolute Gasteiger partial charge is 0.448 e. The van der Waals surface area contributed by atoms with Gasteiger partial charge in [0.1, 0.15) is 0 Å². The van der Waals surface area contributed by atoms with Gasteiger partial charge in [0.05, 0.1) is 27.5 Å². The highest BCUT2D eigenvalue weighted by atomic mass is 16.6. The molecule has 1 aromatic carbocycles. The van der Waals surface area contributed by atoms with Crippen molar-refractivity contribution in [2.45, 2.75) is 6.29 Å². The minimum Gasteiger partial charge on any atom is -0.448 e. The second-order valence-electron chi connectivity index (χ2n) is 4.08. The number of anilines is 3. The van der Waals surface area contributed by atoms with Crippen LogP contribution in [0.5, 0.6) is 0 Å². The number of nitrogens with one attached hydrogen (secondary N) is 1. The van der Waals surface area contributed by atoms with E-state index < -0.39 is 16.1 Å². The smallest absolute Gasteiger partial charge is 0.373 e. The Morgan fingerprint density at radius 1 is 1.25 bits per heavy atom. The van der Waals surface area contributed by atoms with Crippen molar-refractivity contribution < 1.29 is 14.3 Å². The SMILES string of the molecule is O=[N+]([O-])c1ccc2c(c1)N[C@@H]([N+](=O)[O-])N2c1ccco1. The Hall–Kier alpha value is -3.10. The summed E-state index contributed by atoms with van der Waals surface area (Å²) in [4.78, 5) is 22.1. The number of non-ortho nitro benzene ring substituents is 1. The molecule has 9 nitrogen and oxygen atoms in total. The zero-order chi connectivity index (χ0) is 14.3. The van der Waals surface area contributed by atoms with Gasteiger partial charge in [0.2, 0.25) is 5.88 Å². The van der Waals surface area contributed by atoms with E-state index in [2.05, 4.69) is 5.32 Å². The van der Waals surface area contributed by atoms with E-state index in [1.54, 1.807) is 12.1 Å². The molecule has 3 rings (SSSR count). The molecule has 102 valence electrons. The van der Waals surface area contributed by atoms with E-state index in [0.717, 1.165) is 0 Å². The Balaban J connectivity index is 2.10. The van der Waals surface area contributed by atoms with E-state index in [9.17, 15) is 20.2 Å². The van der Waals surface area contributed by atoms with E-state index in [4.69, 9.17) is 4.42 Å². The van der Waals surface area contributed by atoms with Crippen LogP contribution < -0.4 is 10.2 Å². The monoisotopic (exact) mass is 276 g/mol. The van der Waals surface area contributed by atoms with Gasteiger partial charge in [-0.05, 0) is 12.1 Å². The second kappa shape index (κ2) is 4.23. The molecule has 9 heteroatoms. The summed E-state index contributed by atoms with van der Waals surface area (Å²) >= 11 is 0. The van der Waals surface area contributed by atoms with Crippen molar-refractivity contribution in [2.24, 2.45) is 0 Å². The third-order valence-electron chi connectivity index (χ3n) is 2.92. The molecule has 0 unspecified atom stereocenters. The van der Waals surface area contributed by atoms with Crippen LogP contribution in [-0.4, -0.2) is 16.1 Å². The quantitative estimate of drug-likeness (QED) is 0.675. The van der Waals surface area contributed by atoms with Gasteiger partial charge in [0.25, 0.3) is 5.69 Å². The standard InChI is InChI=1S/C11H8N4O5/c16-14(17)7-3-4-9-8(6-7)12-11(15(18)19)13(9)10-2-1-5-20-10/h1-6,11-12H/t11-/m1/s1. The number of furan rings is 1. The Labute approximate surface area is 111 Å². The number of nitrogens with zero attached hydrogens (tertiary/aromatic N) is 3. The first-order valence-electron chi connectivity index (χ1n) is 5.59. The number of nitro benzene ring substituents is 1. The molecule has 0 saturated heterocycles. The first-order chi connectivity index (χ1) is 9.58. The molecule has 0 saturated carbocycles. The fourth-order valence-corrected chi connectivity index (χ4v) is 2.09. The van der Waals surface area contributed by atoms with Gasteiger partial charge in [0, 0.05) is 18.2 Å². The number of hydrogen-bond donors (Lipinski definition) is 1. The molecule has 1 N–H and O–H groups in total. The normalized spacial score (nSPS) is 16.6. The summed E-state index contributed by atoms with van der Waals surface area (Å²) in [5.74, 6) is 0.284. The van der Waals surface area contributed by atoms with Crippen LogP contribution in [0.4, 0.5) is 22.9 Å². The number of rotatable bonds is 3. The minimum atomic E-state index is -1.27. The Morgan fingerprint density at radius 3 is 2.65 bits per heavy atom. The molecule has 0 amide bonds. The summed E-state index contributed by atoms with van der Waals surface area (Å²) < 4.78 is 5.18. The summed E-state index contributed by atoms with van der Waals surface area (Å²) in [5, 5.41) is 24.5. The molecule has 0 fully saturated rings. The average molecular weight is 276 g/mol. The highest BCUT2D eigenvalue weighted by Crippen LogP contribution is 2.41. The lowest BCUT2D eigenvalue weighted by molar-refractivity contribution is -0.511. The first-order valence-corrected chi connectivity index (χ1v) is 5.59. The highest BCUT2D eigenvalue weighted by molar-refractivity contribution is 5.82. The summed E-state index contributed by atoms with van der Waals surface area (Å²) in [6, 6.07) is 7.18. The maximum Gasteiger partial charge on any atom is 0.373 e. The van der Waals surface area contributed by atoms with Gasteiger partial charge in [-0.1, -0.05) is 0 Å². The van der Waals surface area contributed by atoms with Gasteiger partial charge in [-0.2, -0.15) is 0 Å². The third kappa shape index (κ3) is 1.72. The Morgan fingerprint density at radius 2 is 2.05 bits per heavy atom. The van der Waals surface area contributed by atoms with Crippen molar-refractivity contribution in [2.75, 3.05) is 10.2 Å². The summed E-state index contributed by atoms with van der Waals surface area (Å²) in [6.45, 7) is 0. The van der Waals surface area contributed by atoms with Crippen molar-refractivity contribution in [1.82, 2.24) is 0 Å². The zero-order valence-electron chi connectivity index (χ0n) is 9.92. The van der Waals surface area contributed by atoms with Gasteiger partial charge in [-0.15, -0.1) is 0 Å². The number of nitro groups is 2. The Bertz CT molecular complexity index is 684. The molecule has 1 aliphatic rings. The molecule has 0 aliphatic carbocycles. The van der Waals surface area contributed by atoms with Crippen molar-refractivity contribution in [3.05, 3.63) is 56.8 Å². The van der Waals surface area contributed by atoms with Crippen molar-refractivity contribution >= 4 is 22.9 Å². The lowest BCUT2D eigenvalue weighted by atomic mass is 10.2. The fraction of sp³-hybridized carbons (Fsp3) is 0.0909. The molecule has 2 heterocycles. The van der Waals surface area contributed by atoms with E-state index in [1.807, 2.05) is 0 Å². The molecule has 2 aromatic rings. The molecule has 1 aliphatic heterocycles. The minimum absolute atomic E-state index is 0.139. The van der Waals surface area contributed by atoms with Crippen LogP contribution in [-0.2, 0) is 0 Å². The van der Waals surface area contributed by atoms with Crippen molar-refractivity contribution in [3.63, 3.8) is 0 Å². The number of fused-ring (bicyclic) bond motifs is 1. The van der Waals surface area contributed by atoms with Gasteiger partial charge in [-0.3, -0.25) is 20.2 Å². The van der Waals surface area contributed by atoms with Crippen LogP contribution >= 0.6 is 0 Å². The van der Waals surface area contributed by atoms with Crippen LogP contribution in [0.1, 0.15) is 0 Å². The van der Waals surface area contributed by atoms with Crippen LogP contribution in [0.2, 0.25) is 0 Å². The van der Waals surface area contributed by atoms with Crippen molar-refractivity contribution in [3.8, 4) is 0 Å². The Kier molecular flexibility index (Phi) is 2.53. The highest BCUT2D eigenvalue weighted by Gasteiger charge is 2.40. The second-order valence-corrected chi connectivity index (χ2v) is 4.08. The van der Waals surface area contributed by atoms with E-state index in [-0.39, 0.29) is 11.6 Å². The predicted octanol–water partition coefficient (Wildman–Crippen LogP) is 2.31. The summed E-state index contributed by atoms with van der Waals surface area (Å²) in [7, 11) is 0. The molecule has 1 aromatic heterocycles. The van der Waals surface area contributed by atoms with E-state index >= 15 is 0 Å². The summed E-state index contributed by atoms with van der Waals surface area (Å²) in [6.07, 6.45) is 0.133. The summed E-state index contributed by atoms with van der Waals surface area (Å²) in [5.41, 5.74) is 0.629. The first kappa shape index (κ1) is 12.0. The van der Waals surface area contributed by atoms with Gasteiger partial charge in [0.15, 0.2) is 0 Å². The average Bonchev–Trinajstić information content (AvgIpc) is 3.03. The lowest BCUT2D eigenvalue weighted by Gasteiger charge is -2.16. The van der Waals surface area contributed by atoms with E-state index in [1.165, 1.54) is 29.4 Å². The van der Waals surface area contributed by atoms with Gasteiger partial charge in [-0.25, -0.2) is 4.90 Å². The number of benzene rings is 1. The van der Waals surface area contributed by atoms with Crippen LogP contribution in [0.15, 0.2) is 41.0 Å². The van der Waals surface area contributed by atoms with Gasteiger partial charge < -0.3 is 9.73 Å². The third-order valence-corrected chi connectivity index (χ3v) is 2.92.